The van der Waals surface area contributed by atoms with E-state index in [0.717, 1.165) is 5.92 Å². The molecular formula is C11H19. The first-order chi connectivity index (χ1) is 5.29. The fourth-order valence-electron chi connectivity index (χ4n) is 1.55. The van der Waals surface area contributed by atoms with E-state index in [9.17, 15) is 0 Å². The van der Waals surface area contributed by atoms with Crippen molar-refractivity contribution in [2.45, 2.75) is 46.0 Å². The van der Waals surface area contributed by atoms with E-state index in [2.05, 4.69) is 26.0 Å². The van der Waals surface area contributed by atoms with Crippen LogP contribution in [-0.2, 0) is 0 Å². The van der Waals surface area contributed by atoms with Gasteiger partial charge in [0, 0.05) is 0 Å². The summed E-state index contributed by atoms with van der Waals surface area (Å²) in [6.07, 6.45) is 11.4. The molecule has 0 bridgehead atoms. The smallest absolute Gasteiger partial charge is 0.00243 e. The Kier molecular flexibility index (Phi) is 3.68. The molecule has 1 aliphatic rings. The summed E-state index contributed by atoms with van der Waals surface area (Å²) in [5.74, 6) is 2.55. The highest BCUT2D eigenvalue weighted by Crippen LogP contribution is 2.25. The fraction of sp³-hybridized carbons (Fsp3) is 0.727. The first-order valence-electron chi connectivity index (χ1n) is 4.80. The summed E-state index contributed by atoms with van der Waals surface area (Å²) in [5.41, 5.74) is 0. The molecule has 0 nitrogen and oxygen atoms in total. The minimum absolute atomic E-state index is 0.876. The topological polar surface area (TPSA) is 0 Å². The van der Waals surface area contributed by atoms with Gasteiger partial charge in [0.05, 0.1) is 0 Å². The van der Waals surface area contributed by atoms with E-state index in [1.165, 1.54) is 32.1 Å². The van der Waals surface area contributed by atoms with E-state index in [-0.39, 0.29) is 0 Å². The van der Waals surface area contributed by atoms with Crippen molar-refractivity contribution in [1.82, 2.24) is 0 Å². The molecule has 0 aromatic carbocycles. The third-order valence-electron chi connectivity index (χ3n) is 2.27. The number of hydrogen-bond acceptors (Lipinski definition) is 0. The highest BCUT2D eigenvalue weighted by atomic mass is 14.1. The molecule has 0 aromatic heterocycles. The lowest BCUT2D eigenvalue weighted by atomic mass is 9.98. The molecule has 1 radical (unpaired) electrons. The first kappa shape index (κ1) is 8.83. The van der Waals surface area contributed by atoms with Crippen LogP contribution in [0.3, 0.4) is 0 Å². The Labute approximate surface area is 70.7 Å². The van der Waals surface area contributed by atoms with E-state index >= 15 is 0 Å². The van der Waals surface area contributed by atoms with Crippen molar-refractivity contribution >= 4 is 0 Å². The average molecular weight is 151 g/mol. The maximum Gasteiger partial charge on any atom is -0.00243 e. The molecular weight excluding hydrogens is 132 g/mol. The van der Waals surface area contributed by atoms with Gasteiger partial charge in [0.1, 0.15) is 0 Å². The van der Waals surface area contributed by atoms with Gasteiger partial charge < -0.3 is 0 Å². The lowest BCUT2D eigenvalue weighted by Crippen LogP contribution is -1.92. The van der Waals surface area contributed by atoms with E-state index in [1.807, 2.05) is 0 Å². The van der Waals surface area contributed by atoms with Gasteiger partial charge >= 0.3 is 0 Å². The highest BCUT2D eigenvalue weighted by Gasteiger charge is 2.08. The Morgan fingerprint density at radius 3 is 2.82 bits per heavy atom. The van der Waals surface area contributed by atoms with Gasteiger partial charge in [-0.3, -0.25) is 0 Å². The van der Waals surface area contributed by atoms with Gasteiger partial charge in [-0.2, -0.15) is 0 Å². The van der Waals surface area contributed by atoms with Crippen LogP contribution in [0.4, 0.5) is 0 Å². The van der Waals surface area contributed by atoms with Gasteiger partial charge in [-0.15, -0.1) is 0 Å². The van der Waals surface area contributed by atoms with Crippen LogP contribution in [0.15, 0.2) is 12.2 Å². The molecule has 0 heteroatoms. The van der Waals surface area contributed by atoms with Gasteiger partial charge in [-0.05, 0) is 31.1 Å². The van der Waals surface area contributed by atoms with Crippen molar-refractivity contribution in [2.75, 3.05) is 0 Å². The third-order valence-corrected chi connectivity index (χ3v) is 2.27. The summed E-state index contributed by atoms with van der Waals surface area (Å²) < 4.78 is 0. The molecule has 0 unspecified atom stereocenters. The van der Waals surface area contributed by atoms with Crippen LogP contribution in [-0.4, -0.2) is 0 Å². The number of allylic oxidation sites excluding steroid dienone is 2. The Bertz CT molecular complexity index is 122. The molecule has 1 aliphatic carbocycles. The molecule has 0 fully saturated rings. The summed E-state index contributed by atoms with van der Waals surface area (Å²) in [7, 11) is 0. The first-order valence-corrected chi connectivity index (χ1v) is 4.80. The van der Waals surface area contributed by atoms with E-state index in [1.54, 1.807) is 5.92 Å². The Morgan fingerprint density at radius 1 is 1.45 bits per heavy atom. The van der Waals surface area contributed by atoms with Crippen molar-refractivity contribution < 1.29 is 0 Å². The Morgan fingerprint density at radius 2 is 2.27 bits per heavy atom. The quantitative estimate of drug-likeness (QED) is 0.574. The molecule has 11 heavy (non-hydrogen) atoms. The van der Waals surface area contributed by atoms with Crippen LogP contribution in [0.25, 0.3) is 0 Å². The summed E-state index contributed by atoms with van der Waals surface area (Å²) in [6, 6.07) is 0. The van der Waals surface area contributed by atoms with Gasteiger partial charge in [0.2, 0.25) is 0 Å². The Balaban J connectivity index is 1.98. The van der Waals surface area contributed by atoms with Crippen molar-refractivity contribution in [3.8, 4) is 0 Å². The SMILES string of the molecule is CC(C)CCC[C]1C=CCC1. The molecule has 0 heterocycles. The molecule has 0 amide bonds. The lowest BCUT2D eigenvalue weighted by Gasteiger charge is -2.07. The van der Waals surface area contributed by atoms with Crippen LogP contribution >= 0.6 is 0 Å². The largest absolute Gasteiger partial charge is 0.0879 e. The standard InChI is InChI=1S/C11H19/c1-10(2)6-5-9-11-7-3-4-8-11/h3,7,10H,4-6,8-9H2,1-2H3. The normalized spacial score (nSPS) is 18.5. The van der Waals surface area contributed by atoms with E-state index in [0.29, 0.717) is 0 Å². The molecule has 0 saturated carbocycles. The predicted molar refractivity (Wildman–Crippen MR) is 50.3 cm³/mol. The monoisotopic (exact) mass is 151 g/mol. The maximum absolute atomic E-state index is 2.32. The molecule has 0 atom stereocenters. The van der Waals surface area contributed by atoms with E-state index in [4.69, 9.17) is 0 Å². The molecule has 0 saturated heterocycles. The van der Waals surface area contributed by atoms with Gasteiger partial charge in [-0.25, -0.2) is 0 Å². The average Bonchev–Trinajstić information content (AvgIpc) is 2.39. The second-order valence-electron chi connectivity index (χ2n) is 3.89. The predicted octanol–water partition coefficient (Wildman–Crippen LogP) is 3.74. The fourth-order valence-corrected chi connectivity index (χ4v) is 1.55. The van der Waals surface area contributed by atoms with Crippen LogP contribution in [0.1, 0.15) is 46.0 Å². The van der Waals surface area contributed by atoms with Crippen LogP contribution in [0.2, 0.25) is 0 Å². The summed E-state index contributed by atoms with van der Waals surface area (Å²) in [5, 5.41) is 0. The minimum Gasteiger partial charge on any atom is -0.0879 e. The van der Waals surface area contributed by atoms with Crippen molar-refractivity contribution in [3.63, 3.8) is 0 Å². The zero-order chi connectivity index (χ0) is 8.10. The summed E-state index contributed by atoms with van der Waals surface area (Å²) in [6.45, 7) is 4.60. The number of rotatable bonds is 4. The zero-order valence-electron chi connectivity index (χ0n) is 7.77. The van der Waals surface area contributed by atoms with Crippen LogP contribution in [0, 0.1) is 11.8 Å². The van der Waals surface area contributed by atoms with Crippen molar-refractivity contribution in [2.24, 2.45) is 5.92 Å². The molecule has 0 aromatic rings. The van der Waals surface area contributed by atoms with Gasteiger partial charge in [0.15, 0.2) is 0 Å². The summed E-state index contributed by atoms with van der Waals surface area (Å²) >= 11 is 0. The molecule has 63 valence electrons. The van der Waals surface area contributed by atoms with Crippen molar-refractivity contribution in [1.29, 1.82) is 0 Å². The molecule has 0 spiro atoms. The summed E-state index contributed by atoms with van der Waals surface area (Å²) in [4.78, 5) is 0. The van der Waals surface area contributed by atoms with E-state index < -0.39 is 0 Å². The second-order valence-corrected chi connectivity index (χ2v) is 3.89. The highest BCUT2D eigenvalue weighted by molar-refractivity contribution is 5.15. The van der Waals surface area contributed by atoms with Crippen LogP contribution in [0.5, 0.6) is 0 Å². The maximum atomic E-state index is 2.32. The molecule has 0 N–H and O–H groups in total. The molecule has 0 aliphatic heterocycles. The second kappa shape index (κ2) is 4.58. The lowest BCUT2D eigenvalue weighted by molar-refractivity contribution is 0.543. The van der Waals surface area contributed by atoms with Gasteiger partial charge in [-0.1, -0.05) is 38.8 Å². The zero-order valence-corrected chi connectivity index (χ0v) is 7.77. The molecule has 1 rings (SSSR count). The third kappa shape index (κ3) is 3.60. The Hall–Kier alpha value is -0.260. The minimum atomic E-state index is 0.876. The van der Waals surface area contributed by atoms with Crippen molar-refractivity contribution in [3.05, 3.63) is 18.1 Å². The van der Waals surface area contributed by atoms with Crippen LogP contribution < -0.4 is 0 Å². The van der Waals surface area contributed by atoms with Gasteiger partial charge in [0.25, 0.3) is 0 Å². The number of hydrogen-bond donors (Lipinski definition) is 0.